The molecule has 1 aromatic rings. The normalized spacial score (nSPS) is 13.9. The van der Waals surface area contributed by atoms with Gasteiger partial charge in [-0.25, -0.2) is 0 Å². The van der Waals surface area contributed by atoms with Gasteiger partial charge >= 0.3 is 0 Å². The number of nitrogens with one attached hydrogen (secondary N) is 1. The van der Waals surface area contributed by atoms with E-state index in [1.54, 1.807) is 0 Å². The fourth-order valence-corrected chi connectivity index (χ4v) is 1.94. The van der Waals surface area contributed by atoms with Gasteiger partial charge in [-0.15, -0.1) is 0 Å². The number of amides is 1. The van der Waals surface area contributed by atoms with Crippen LogP contribution in [0.5, 0.6) is 0 Å². The minimum Gasteiger partial charge on any atom is -0.354 e. The molecule has 0 unspecified atom stereocenters. The highest BCUT2D eigenvalue weighted by Gasteiger charge is 2.29. The number of nitrogens with two attached hydrogens (primary N) is 1. The third kappa shape index (κ3) is 4.50. The van der Waals surface area contributed by atoms with Crippen molar-refractivity contribution in [3.8, 4) is 0 Å². The minimum absolute atomic E-state index is 0.112. The van der Waals surface area contributed by atoms with Crippen LogP contribution < -0.4 is 11.1 Å². The predicted molar refractivity (Wildman–Crippen MR) is 84.9 cm³/mol. The molecule has 112 valence electrons. The molecule has 1 amide bonds. The highest BCUT2D eigenvalue weighted by atomic mass is 35.5. The Kier molecular flexibility index (Phi) is 5.22. The van der Waals surface area contributed by atoms with Gasteiger partial charge in [-0.2, -0.15) is 0 Å². The van der Waals surface area contributed by atoms with Gasteiger partial charge < -0.3 is 11.1 Å². The maximum Gasteiger partial charge on any atom is 0.237 e. The van der Waals surface area contributed by atoms with Crippen LogP contribution in [0, 0.1) is 5.41 Å². The molecule has 0 aliphatic rings. The third-order valence-electron chi connectivity index (χ3n) is 3.55. The molecular weight excluding hydrogens is 272 g/mol. The predicted octanol–water partition coefficient (Wildman–Crippen LogP) is 3.11. The van der Waals surface area contributed by atoms with Gasteiger partial charge in [0.05, 0.1) is 6.04 Å². The van der Waals surface area contributed by atoms with Crippen molar-refractivity contribution in [1.82, 2.24) is 5.32 Å². The van der Waals surface area contributed by atoms with E-state index in [0.29, 0.717) is 11.6 Å². The van der Waals surface area contributed by atoms with Crippen LogP contribution in [0.2, 0.25) is 5.02 Å². The Morgan fingerprint density at radius 2 is 1.70 bits per heavy atom. The number of benzene rings is 1. The van der Waals surface area contributed by atoms with Gasteiger partial charge in [-0.3, -0.25) is 4.79 Å². The minimum atomic E-state index is -0.511. The van der Waals surface area contributed by atoms with Crippen LogP contribution in [0.1, 0.15) is 40.2 Å². The van der Waals surface area contributed by atoms with Gasteiger partial charge in [0, 0.05) is 17.0 Å². The number of carbonyl (C=O) groups is 1. The molecule has 3 N–H and O–H groups in total. The fraction of sp³-hybridized carbons (Fsp3) is 0.562. The number of hydrogen-bond acceptors (Lipinski definition) is 2. The number of rotatable bonds is 4. The molecule has 1 rings (SSSR count). The summed E-state index contributed by atoms with van der Waals surface area (Å²) < 4.78 is 0. The average molecular weight is 297 g/mol. The summed E-state index contributed by atoms with van der Waals surface area (Å²) in [4.78, 5) is 12.1. The van der Waals surface area contributed by atoms with E-state index in [2.05, 4.69) is 19.2 Å². The van der Waals surface area contributed by atoms with Crippen molar-refractivity contribution in [3.63, 3.8) is 0 Å². The zero-order chi connectivity index (χ0) is 15.6. The standard InChI is InChI=1S/C16H25ClN2O/c1-15(2,3)13(18)14(20)19-10-16(4,5)11-6-8-12(17)9-7-11/h6-9,13H,10,18H2,1-5H3,(H,19,20)/t13-/m1/s1. The molecule has 1 aromatic carbocycles. The molecule has 0 spiro atoms. The van der Waals surface area contributed by atoms with Crippen LogP contribution in [0.4, 0.5) is 0 Å². The van der Waals surface area contributed by atoms with Crippen LogP contribution >= 0.6 is 11.6 Å². The first-order valence-electron chi connectivity index (χ1n) is 6.83. The summed E-state index contributed by atoms with van der Waals surface area (Å²) in [5, 5.41) is 3.66. The lowest BCUT2D eigenvalue weighted by atomic mass is 9.83. The van der Waals surface area contributed by atoms with E-state index in [0.717, 1.165) is 5.56 Å². The van der Waals surface area contributed by atoms with Crippen molar-refractivity contribution >= 4 is 17.5 Å². The van der Waals surface area contributed by atoms with Crippen molar-refractivity contribution < 1.29 is 4.79 Å². The molecule has 0 saturated heterocycles. The summed E-state index contributed by atoms with van der Waals surface area (Å²) in [5.41, 5.74) is 6.67. The highest BCUT2D eigenvalue weighted by molar-refractivity contribution is 6.30. The first kappa shape index (κ1) is 17.0. The summed E-state index contributed by atoms with van der Waals surface area (Å²) in [6, 6.07) is 7.18. The average Bonchev–Trinajstić information content (AvgIpc) is 2.34. The van der Waals surface area contributed by atoms with Crippen molar-refractivity contribution in [2.75, 3.05) is 6.54 Å². The summed E-state index contributed by atoms with van der Waals surface area (Å²) in [6.07, 6.45) is 0. The summed E-state index contributed by atoms with van der Waals surface area (Å²) in [7, 11) is 0. The van der Waals surface area contributed by atoms with Crippen LogP contribution in [0.15, 0.2) is 24.3 Å². The van der Waals surface area contributed by atoms with Gasteiger partial charge in [0.1, 0.15) is 0 Å². The smallest absolute Gasteiger partial charge is 0.237 e. The maximum absolute atomic E-state index is 12.1. The molecule has 0 saturated carbocycles. The van der Waals surface area contributed by atoms with E-state index in [1.807, 2.05) is 45.0 Å². The van der Waals surface area contributed by atoms with Gasteiger partial charge in [0.25, 0.3) is 0 Å². The first-order valence-corrected chi connectivity index (χ1v) is 7.21. The molecular formula is C16H25ClN2O. The SMILES string of the molecule is CC(C)(CNC(=O)[C@@H](N)C(C)(C)C)c1ccc(Cl)cc1. The van der Waals surface area contributed by atoms with E-state index in [-0.39, 0.29) is 16.7 Å². The Morgan fingerprint density at radius 1 is 1.20 bits per heavy atom. The zero-order valence-electron chi connectivity index (χ0n) is 13.0. The monoisotopic (exact) mass is 296 g/mol. The second kappa shape index (κ2) is 6.15. The second-order valence-corrected chi connectivity index (χ2v) is 7.39. The molecule has 0 aliphatic heterocycles. The van der Waals surface area contributed by atoms with Gasteiger partial charge in [-0.05, 0) is 23.1 Å². The molecule has 3 nitrogen and oxygen atoms in total. The topological polar surface area (TPSA) is 55.1 Å². The Balaban J connectivity index is 2.68. The van der Waals surface area contributed by atoms with E-state index < -0.39 is 6.04 Å². The first-order chi connectivity index (χ1) is 9.04. The quantitative estimate of drug-likeness (QED) is 0.897. The number of hydrogen-bond donors (Lipinski definition) is 2. The van der Waals surface area contributed by atoms with E-state index in [1.165, 1.54) is 0 Å². The van der Waals surface area contributed by atoms with Crippen LogP contribution in [0.25, 0.3) is 0 Å². The third-order valence-corrected chi connectivity index (χ3v) is 3.80. The highest BCUT2D eigenvalue weighted by Crippen LogP contribution is 2.24. The second-order valence-electron chi connectivity index (χ2n) is 6.95. The van der Waals surface area contributed by atoms with Gasteiger partial charge in [0.15, 0.2) is 0 Å². The van der Waals surface area contributed by atoms with Crippen LogP contribution in [0.3, 0.4) is 0 Å². The van der Waals surface area contributed by atoms with E-state index in [9.17, 15) is 4.79 Å². The summed E-state index contributed by atoms with van der Waals surface area (Å²) >= 11 is 5.89. The summed E-state index contributed by atoms with van der Waals surface area (Å²) in [5.74, 6) is -0.112. The van der Waals surface area contributed by atoms with Crippen molar-refractivity contribution in [3.05, 3.63) is 34.9 Å². The van der Waals surface area contributed by atoms with Crippen LogP contribution in [-0.4, -0.2) is 18.5 Å². The van der Waals surface area contributed by atoms with E-state index in [4.69, 9.17) is 17.3 Å². The Hall–Kier alpha value is -1.06. The Bertz CT molecular complexity index is 460. The lowest BCUT2D eigenvalue weighted by molar-refractivity contribution is -0.124. The van der Waals surface area contributed by atoms with Gasteiger partial charge in [-0.1, -0.05) is 58.4 Å². The summed E-state index contributed by atoms with van der Waals surface area (Å²) in [6.45, 7) is 10.6. The largest absolute Gasteiger partial charge is 0.354 e. The lowest BCUT2D eigenvalue weighted by Crippen LogP contribution is -2.50. The van der Waals surface area contributed by atoms with Crippen molar-refractivity contribution in [1.29, 1.82) is 0 Å². The molecule has 20 heavy (non-hydrogen) atoms. The molecule has 0 heterocycles. The Labute approximate surface area is 126 Å². The Morgan fingerprint density at radius 3 is 2.15 bits per heavy atom. The molecule has 4 heteroatoms. The maximum atomic E-state index is 12.1. The molecule has 0 radical (unpaired) electrons. The van der Waals surface area contributed by atoms with Crippen molar-refractivity contribution in [2.24, 2.45) is 11.1 Å². The van der Waals surface area contributed by atoms with Crippen molar-refractivity contribution in [2.45, 2.75) is 46.1 Å². The molecule has 0 bridgehead atoms. The molecule has 1 atom stereocenters. The fourth-order valence-electron chi connectivity index (χ4n) is 1.81. The molecule has 0 aliphatic carbocycles. The lowest BCUT2D eigenvalue weighted by Gasteiger charge is -2.30. The molecule has 0 aromatic heterocycles. The van der Waals surface area contributed by atoms with Crippen LogP contribution in [-0.2, 0) is 10.2 Å². The number of halogens is 1. The zero-order valence-corrected chi connectivity index (χ0v) is 13.7. The van der Waals surface area contributed by atoms with Gasteiger partial charge in [0.2, 0.25) is 5.91 Å². The molecule has 0 fully saturated rings. The van der Waals surface area contributed by atoms with E-state index >= 15 is 0 Å². The number of carbonyl (C=O) groups excluding carboxylic acids is 1.